The van der Waals surface area contributed by atoms with Gasteiger partial charge in [0.25, 0.3) is 0 Å². The number of carbonyl (C=O) groups excluding carboxylic acids is 1. The number of nitrogens with zero attached hydrogens (tertiary/aromatic N) is 1. The van der Waals surface area contributed by atoms with E-state index in [-0.39, 0.29) is 18.1 Å². The normalized spacial score (nSPS) is 14.8. The van der Waals surface area contributed by atoms with Crippen molar-refractivity contribution in [3.8, 4) is 17.0 Å². The highest BCUT2D eigenvalue weighted by atomic mass is 16.5. The van der Waals surface area contributed by atoms with Gasteiger partial charge in [0.15, 0.2) is 5.78 Å². The topological polar surface area (TPSA) is 76.5 Å². The molecule has 1 aromatic heterocycles. The minimum atomic E-state index is -0.749. The lowest BCUT2D eigenvalue weighted by molar-refractivity contribution is -0.137. The minimum absolute atomic E-state index is 0.0371. The first-order valence-corrected chi connectivity index (χ1v) is 10.5. The maximum absolute atomic E-state index is 11.6. The van der Waals surface area contributed by atoms with E-state index in [1.165, 1.54) is 5.56 Å². The van der Waals surface area contributed by atoms with Crippen LogP contribution < -0.4 is 4.74 Å². The second-order valence-electron chi connectivity index (χ2n) is 7.94. The largest absolute Gasteiger partial charge is 0.493 e. The number of aromatic nitrogens is 1. The van der Waals surface area contributed by atoms with E-state index in [1.54, 1.807) is 6.92 Å². The van der Waals surface area contributed by atoms with Gasteiger partial charge in [-0.3, -0.25) is 14.6 Å². The Kier molecular flexibility index (Phi) is 6.12. The number of hydrogen-bond donors (Lipinski definition) is 1. The predicted molar refractivity (Wildman–Crippen MR) is 119 cm³/mol. The molecule has 31 heavy (non-hydrogen) atoms. The molecule has 3 aromatic rings. The molecule has 0 amide bonds. The first-order chi connectivity index (χ1) is 15.0. The molecule has 2 aromatic carbocycles. The van der Waals surface area contributed by atoms with E-state index < -0.39 is 5.97 Å². The fourth-order valence-corrected chi connectivity index (χ4v) is 4.15. The van der Waals surface area contributed by atoms with Gasteiger partial charge in [-0.25, -0.2) is 0 Å². The molecule has 0 unspecified atom stereocenters. The van der Waals surface area contributed by atoms with Gasteiger partial charge >= 0.3 is 5.97 Å². The van der Waals surface area contributed by atoms with Crippen LogP contribution in [0.1, 0.15) is 52.9 Å². The second-order valence-corrected chi connectivity index (χ2v) is 7.94. The van der Waals surface area contributed by atoms with E-state index in [4.69, 9.17) is 14.8 Å². The number of aliphatic carboxylic acids is 1. The Balaban J connectivity index is 1.39. The summed E-state index contributed by atoms with van der Waals surface area (Å²) in [7, 11) is 0. The summed E-state index contributed by atoms with van der Waals surface area (Å²) in [5.41, 5.74) is 5.68. The van der Waals surface area contributed by atoms with Crippen LogP contribution >= 0.6 is 0 Å². The smallest absolute Gasteiger partial charge is 0.303 e. The van der Waals surface area contributed by atoms with Crippen molar-refractivity contribution in [2.24, 2.45) is 0 Å². The molecule has 4 rings (SSSR count). The fraction of sp³-hybridized carbons (Fsp3) is 0.269. The van der Waals surface area contributed by atoms with Gasteiger partial charge in [-0.05, 0) is 67.1 Å². The monoisotopic (exact) mass is 415 g/mol. The van der Waals surface area contributed by atoms with Gasteiger partial charge in [0, 0.05) is 23.2 Å². The van der Waals surface area contributed by atoms with Gasteiger partial charge < -0.3 is 9.84 Å². The number of ketones is 1. The van der Waals surface area contributed by atoms with Gasteiger partial charge in [0.05, 0.1) is 18.7 Å². The zero-order valence-electron chi connectivity index (χ0n) is 17.5. The van der Waals surface area contributed by atoms with Crippen LogP contribution in [-0.4, -0.2) is 28.4 Å². The molecule has 0 radical (unpaired) electrons. The van der Waals surface area contributed by atoms with Crippen LogP contribution in [0.25, 0.3) is 11.3 Å². The SMILES string of the molecule is CC(=O)c1cccc(-c2cccc(CCOc3ccc4c(c3)CC[C@H]4CC(=O)O)n2)c1. The van der Waals surface area contributed by atoms with Crippen molar-refractivity contribution in [1.82, 2.24) is 4.98 Å². The first kappa shape index (κ1) is 20.8. The highest BCUT2D eigenvalue weighted by Crippen LogP contribution is 2.37. The highest BCUT2D eigenvalue weighted by Gasteiger charge is 2.24. The lowest BCUT2D eigenvalue weighted by Crippen LogP contribution is -2.05. The van der Waals surface area contributed by atoms with Crippen LogP contribution in [0, 0.1) is 0 Å². The first-order valence-electron chi connectivity index (χ1n) is 10.5. The van der Waals surface area contributed by atoms with Gasteiger partial charge in [0.2, 0.25) is 0 Å². The predicted octanol–water partition coefficient (Wildman–Crippen LogP) is 5.08. The lowest BCUT2D eigenvalue weighted by atomic mass is 9.98. The molecule has 1 aliphatic rings. The van der Waals surface area contributed by atoms with Crippen molar-refractivity contribution in [2.75, 3.05) is 6.61 Å². The van der Waals surface area contributed by atoms with Crippen molar-refractivity contribution in [3.63, 3.8) is 0 Å². The average Bonchev–Trinajstić information content (AvgIpc) is 3.15. The number of benzene rings is 2. The third-order valence-electron chi connectivity index (χ3n) is 5.74. The Hall–Kier alpha value is -3.47. The number of carbonyl (C=O) groups is 2. The van der Waals surface area contributed by atoms with E-state index in [9.17, 15) is 9.59 Å². The number of carboxylic acids is 1. The molecule has 0 bridgehead atoms. The van der Waals surface area contributed by atoms with E-state index in [0.717, 1.165) is 41.1 Å². The van der Waals surface area contributed by atoms with Crippen LogP contribution in [0.2, 0.25) is 0 Å². The van der Waals surface area contributed by atoms with Gasteiger partial charge in [-0.2, -0.15) is 0 Å². The van der Waals surface area contributed by atoms with E-state index >= 15 is 0 Å². The van der Waals surface area contributed by atoms with E-state index in [1.807, 2.05) is 60.7 Å². The Labute approximate surface area is 181 Å². The molecule has 1 N–H and O–H groups in total. The fourth-order valence-electron chi connectivity index (χ4n) is 4.15. The van der Waals surface area contributed by atoms with Crippen LogP contribution in [-0.2, 0) is 17.6 Å². The summed E-state index contributed by atoms with van der Waals surface area (Å²) in [6.45, 7) is 2.06. The summed E-state index contributed by atoms with van der Waals surface area (Å²) in [6, 6.07) is 19.4. The van der Waals surface area contributed by atoms with E-state index in [0.29, 0.717) is 18.6 Å². The number of ether oxygens (including phenoxy) is 1. The van der Waals surface area contributed by atoms with Crippen molar-refractivity contribution < 1.29 is 19.4 Å². The standard InChI is InChI=1S/C26H25NO4/c1-17(28)18-4-2-5-21(14-18)25-7-3-6-22(27-25)12-13-31-23-10-11-24-19(15-23)8-9-20(24)16-26(29)30/h2-7,10-11,14-15,20H,8-9,12-13,16H2,1H3,(H,29,30)/t20-/m0/s1. The molecule has 0 fully saturated rings. The maximum atomic E-state index is 11.6. The Morgan fingerprint density at radius 3 is 2.74 bits per heavy atom. The number of pyridine rings is 1. The van der Waals surface area contributed by atoms with Crippen molar-refractivity contribution in [2.45, 2.75) is 38.5 Å². The van der Waals surface area contributed by atoms with Crippen LogP contribution in [0.4, 0.5) is 0 Å². The summed E-state index contributed by atoms with van der Waals surface area (Å²) in [4.78, 5) is 27.4. The molecule has 1 atom stereocenters. The Morgan fingerprint density at radius 1 is 1.10 bits per heavy atom. The molecule has 0 saturated heterocycles. The number of rotatable bonds is 8. The van der Waals surface area contributed by atoms with Crippen molar-refractivity contribution in [1.29, 1.82) is 0 Å². The molecule has 5 heteroatoms. The zero-order chi connectivity index (χ0) is 21.8. The number of Topliss-reactive ketones (excluding diaryl/α,β-unsaturated/α-hetero) is 1. The molecule has 5 nitrogen and oxygen atoms in total. The minimum Gasteiger partial charge on any atom is -0.493 e. The van der Waals surface area contributed by atoms with Crippen molar-refractivity contribution >= 4 is 11.8 Å². The third-order valence-corrected chi connectivity index (χ3v) is 5.74. The van der Waals surface area contributed by atoms with Gasteiger partial charge in [-0.1, -0.05) is 30.3 Å². The summed E-state index contributed by atoms with van der Waals surface area (Å²) in [5.74, 6) is 0.200. The molecular weight excluding hydrogens is 390 g/mol. The maximum Gasteiger partial charge on any atom is 0.303 e. The third kappa shape index (κ3) is 5.00. The number of aryl methyl sites for hydroxylation is 1. The van der Waals surface area contributed by atoms with Crippen LogP contribution in [0.5, 0.6) is 5.75 Å². The zero-order valence-corrected chi connectivity index (χ0v) is 17.5. The van der Waals surface area contributed by atoms with Gasteiger partial charge in [0.1, 0.15) is 5.75 Å². The van der Waals surface area contributed by atoms with Crippen molar-refractivity contribution in [3.05, 3.63) is 83.0 Å². The summed E-state index contributed by atoms with van der Waals surface area (Å²) >= 11 is 0. The molecule has 1 heterocycles. The number of carboxylic acid groups (broad SMARTS) is 1. The summed E-state index contributed by atoms with van der Waals surface area (Å²) in [6.07, 6.45) is 2.63. The molecular formula is C26H25NO4. The quantitative estimate of drug-likeness (QED) is 0.519. The van der Waals surface area contributed by atoms with Crippen LogP contribution in [0.15, 0.2) is 60.7 Å². The number of fused-ring (bicyclic) bond motifs is 1. The molecule has 0 spiro atoms. The lowest BCUT2D eigenvalue weighted by Gasteiger charge is -2.11. The average molecular weight is 415 g/mol. The van der Waals surface area contributed by atoms with E-state index in [2.05, 4.69) is 0 Å². The molecule has 0 saturated carbocycles. The van der Waals surface area contributed by atoms with Crippen LogP contribution in [0.3, 0.4) is 0 Å². The van der Waals surface area contributed by atoms with Gasteiger partial charge in [-0.15, -0.1) is 0 Å². The molecule has 0 aliphatic heterocycles. The summed E-state index contributed by atoms with van der Waals surface area (Å²) in [5, 5.41) is 9.06. The Bertz CT molecular complexity index is 1120. The summed E-state index contributed by atoms with van der Waals surface area (Å²) < 4.78 is 5.95. The molecule has 158 valence electrons. The number of hydrogen-bond acceptors (Lipinski definition) is 4. The molecule has 1 aliphatic carbocycles. The second kappa shape index (κ2) is 9.13. The highest BCUT2D eigenvalue weighted by molar-refractivity contribution is 5.95. The Morgan fingerprint density at radius 2 is 1.94 bits per heavy atom.